The van der Waals surface area contributed by atoms with Crippen LogP contribution in [-0.4, -0.2) is 0 Å². The van der Waals surface area contributed by atoms with Gasteiger partial charge >= 0.3 is 0 Å². The van der Waals surface area contributed by atoms with E-state index in [0.717, 1.165) is 12.8 Å². The first kappa shape index (κ1) is 19.2. The fourth-order valence-corrected chi connectivity index (χ4v) is 3.85. The average molecular weight is 355 g/mol. The molecule has 0 saturated heterocycles. The molecule has 3 rings (SSSR count). The van der Waals surface area contributed by atoms with Gasteiger partial charge in [0.15, 0.2) is 0 Å². The molecule has 0 aliphatic rings. The predicted molar refractivity (Wildman–Crippen MR) is 118 cm³/mol. The summed E-state index contributed by atoms with van der Waals surface area (Å²) in [5.74, 6) is 0.555. The molecule has 0 aliphatic heterocycles. The minimum absolute atomic E-state index is 0.0181. The molecule has 2 atom stereocenters. The monoisotopic (exact) mass is 354 g/mol. The molecule has 0 N–H and O–H groups in total. The fraction of sp³-hybridized carbons (Fsp3) is 0.259. The van der Waals surface area contributed by atoms with Crippen LogP contribution in [0.4, 0.5) is 0 Å². The van der Waals surface area contributed by atoms with E-state index in [9.17, 15) is 0 Å². The van der Waals surface area contributed by atoms with Crippen LogP contribution in [0, 0.1) is 0 Å². The molecule has 0 nitrogen and oxygen atoms in total. The van der Waals surface area contributed by atoms with Crippen molar-refractivity contribution < 1.29 is 0 Å². The first-order chi connectivity index (χ1) is 13.1. The highest BCUT2D eigenvalue weighted by Crippen LogP contribution is 2.36. The lowest BCUT2D eigenvalue weighted by molar-refractivity contribution is 0.485. The van der Waals surface area contributed by atoms with E-state index in [-0.39, 0.29) is 5.41 Å². The third-order valence-corrected chi connectivity index (χ3v) is 5.66. The van der Waals surface area contributed by atoms with Gasteiger partial charge in [-0.1, -0.05) is 111 Å². The standard InChI is InChI=1S/C27H30/c1-22(24-13-7-4-8-14-24)19-20-27(3,26-17-11-6-12-18-26)21-23(2)25-15-9-5-10-16-25/h4-18,21-22H,19-20H2,1-3H3. The summed E-state index contributed by atoms with van der Waals surface area (Å²) in [5, 5.41) is 0. The Morgan fingerprint density at radius 1 is 0.815 bits per heavy atom. The van der Waals surface area contributed by atoms with Crippen molar-refractivity contribution in [2.45, 2.75) is 44.9 Å². The first-order valence-corrected chi connectivity index (χ1v) is 9.94. The van der Waals surface area contributed by atoms with Crippen molar-refractivity contribution in [3.8, 4) is 0 Å². The lowest BCUT2D eigenvalue weighted by atomic mass is 9.75. The molecule has 0 radical (unpaired) electrons. The second kappa shape index (κ2) is 8.86. The molecular weight excluding hydrogens is 324 g/mol. The van der Waals surface area contributed by atoms with Crippen LogP contribution in [-0.2, 0) is 5.41 Å². The van der Waals surface area contributed by atoms with E-state index < -0.39 is 0 Å². The Hall–Kier alpha value is -2.60. The largest absolute Gasteiger partial charge is 0.0707 e. The normalized spacial score (nSPS) is 15.1. The van der Waals surface area contributed by atoms with Crippen molar-refractivity contribution in [3.05, 3.63) is 114 Å². The summed E-state index contributed by atoms with van der Waals surface area (Å²) in [6, 6.07) is 32.5. The molecule has 0 spiro atoms. The summed E-state index contributed by atoms with van der Waals surface area (Å²) in [6.45, 7) is 6.96. The second-order valence-corrected chi connectivity index (χ2v) is 7.83. The van der Waals surface area contributed by atoms with E-state index in [4.69, 9.17) is 0 Å². The molecule has 0 heterocycles. The van der Waals surface area contributed by atoms with Crippen molar-refractivity contribution in [1.82, 2.24) is 0 Å². The summed E-state index contributed by atoms with van der Waals surface area (Å²) in [7, 11) is 0. The van der Waals surface area contributed by atoms with E-state index in [1.807, 2.05) is 0 Å². The topological polar surface area (TPSA) is 0 Å². The molecule has 0 heteroatoms. The lowest BCUT2D eigenvalue weighted by Crippen LogP contribution is -2.20. The Kier molecular flexibility index (Phi) is 6.29. The summed E-state index contributed by atoms with van der Waals surface area (Å²) in [4.78, 5) is 0. The second-order valence-electron chi connectivity index (χ2n) is 7.83. The summed E-state index contributed by atoms with van der Waals surface area (Å²) in [5.41, 5.74) is 5.48. The highest BCUT2D eigenvalue weighted by Gasteiger charge is 2.25. The van der Waals surface area contributed by atoms with Gasteiger partial charge in [-0.25, -0.2) is 0 Å². The zero-order valence-corrected chi connectivity index (χ0v) is 16.7. The first-order valence-electron chi connectivity index (χ1n) is 9.94. The third-order valence-electron chi connectivity index (χ3n) is 5.66. The maximum atomic E-state index is 2.47. The van der Waals surface area contributed by atoms with Crippen LogP contribution in [0.15, 0.2) is 97.1 Å². The minimum Gasteiger partial charge on any atom is -0.0707 e. The smallest absolute Gasteiger partial charge is 0.0110 e. The highest BCUT2D eigenvalue weighted by molar-refractivity contribution is 5.65. The number of benzene rings is 3. The van der Waals surface area contributed by atoms with Crippen LogP contribution < -0.4 is 0 Å². The Balaban J connectivity index is 1.87. The van der Waals surface area contributed by atoms with E-state index in [1.54, 1.807) is 0 Å². The molecule has 138 valence electrons. The molecule has 3 aromatic carbocycles. The average Bonchev–Trinajstić information content (AvgIpc) is 2.74. The Bertz CT molecular complexity index is 846. The van der Waals surface area contributed by atoms with Crippen LogP contribution in [0.3, 0.4) is 0 Å². The van der Waals surface area contributed by atoms with Gasteiger partial charge < -0.3 is 0 Å². The lowest BCUT2D eigenvalue weighted by Gasteiger charge is -2.29. The quantitative estimate of drug-likeness (QED) is 0.409. The van der Waals surface area contributed by atoms with Gasteiger partial charge in [-0.2, -0.15) is 0 Å². The summed E-state index contributed by atoms with van der Waals surface area (Å²) < 4.78 is 0. The molecular formula is C27H30. The fourth-order valence-electron chi connectivity index (χ4n) is 3.85. The zero-order valence-electron chi connectivity index (χ0n) is 16.7. The van der Waals surface area contributed by atoms with Gasteiger partial charge in [0.05, 0.1) is 0 Å². The molecule has 0 amide bonds. The molecule has 0 saturated carbocycles. The van der Waals surface area contributed by atoms with E-state index in [1.165, 1.54) is 22.3 Å². The number of rotatable bonds is 7. The van der Waals surface area contributed by atoms with Gasteiger partial charge in [0.2, 0.25) is 0 Å². The molecule has 3 aromatic rings. The van der Waals surface area contributed by atoms with Gasteiger partial charge in [-0.3, -0.25) is 0 Å². The van der Waals surface area contributed by atoms with Crippen LogP contribution >= 0.6 is 0 Å². The van der Waals surface area contributed by atoms with Crippen molar-refractivity contribution in [2.24, 2.45) is 0 Å². The number of hydrogen-bond acceptors (Lipinski definition) is 0. The van der Waals surface area contributed by atoms with Crippen LogP contribution in [0.1, 0.15) is 56.2 Å². The minimum atomic E-state index is 0.0181. The van der Waals surface area contributed by atoms with E-state index in [2.05, 4.69) is 118 Å². The Morgan fingerprint density at radius 2 is 1.33 bits per heavy atom. The van der Waals surface area contributed by atoms with E-state index >= 15 is 0 Å². The van der Waals surface area contributed by atoms with Gasteiger partial charge in [0.25, 0.3) is 0 Å². The zero-order chi connectivity index (χ0) is 19.1. The van der Waals surface area contributed by atoms with Crippen molar-refractivity contribution in [3.63, 3.8) is 0 Å². The maximum absolute atomic E-state index is 2.47. The Morgan fingerprint density at radius 3 is 1.93 bits per heavy atom. The molecule has 27 heavy (non-hydrogen) atoms. The molecule has 0 aliphatic carbocycles. The molecule has 0 bridgehead atoms. The van der Waals surface area contributed by atoms with Crippen molar-refractivity contribution in [2.75, 3.05) is 0 Å². The number of allylic oxidation sites excluding steroid dienone is 2. The summed E-state index contributed by atoms with van der Waals surface area (Å²) >= 11 is 0. The predicted octanol–water partition coefficient (Wildman–Crippen LogP) is 7.63. The Labute approximate surface area is 164 Å². The summed E-state index contributed by atoms with van der Waals surface area (Å²) in [6.07, 6.45) is 4.75. The van der Waals surface area contributed by atoms with E-state index in [0.29, 0.717) is 5.92 Å². The molecule has 2 unspecified atom stereocenters. The van der Waals surface area contributed by atoms with Crippen molar-refractivity contribution in [1.29, 1.82) is 0 Å². The maximum Gasteiger partial charge on any atom is 0.0110 e. The highest BCUT2D eigenvalue weighted by atomic mass is 14.3. The van der Waals surface area contributed by atoms with Crippen LogP contribution in [0.25, 0.3) is 5.57 Å². The van der Waals surface area contributed by atoms with Crippen molar-refractivity contribution >= 4 is 5.57 Å². The molecule has 0 fully saturated rings. The van der Waals surface area contributed by atoms with Crippen LogP contribution in [0.2, 0.25) is 0 Å². The van der Waals surface area contributed by atoms with Crippen LogP contribution in [0.5, 0.6) is 0 Å². The SMILES string of the molecule is CC(=CC(C)(CCC(C)c1ccccc1)c1ccccc1)c1ccccc1. The van der Waals surface area contributed by atoms with Gasteiger partial charge in [-0.15, -0.1) is 0 Å². The molecule has 0 aromatic heterocycles. The van der Waals surface area contributed by atoms with Gasteiger partial charge in [-0.05, 0) is 47.9 Å². The number of hydrogen-bond donors (Lipinski definition) is 0. The van der Waals surface area contributed by atoms with Gasteiger partial charge in [0, 0.05) is 5.41 Å². The van der Waals surface area contributed by atoms with Gasteiger partial charge in [0.1, 0.15) is 0 Å². The third kappa shape index (κ3) is 4.98.